The first-order valence-corrected chi connectivity index (χ1v) is 6.31. The third kappa shape index (κ3) is 3.48. The maximum absolute atomic E-state index is 11.6. The van der Waals surface area contributed by atoms with Crippen molar-refractivity contribution in [2.24, 2.45) is 11.8 Å². The van der Waals surface area contributed by atoms with E-state index in [1.165, 1.54) is 4.90 Å². The van der Waals surface area contributed by atoms with Crippen molar-refractivity contribution in [1.29, 1.82) is 0 Å². The van der Waals surface area contributed by atoms with E-state index in [1.54, 1.807) is 6.92 Å². The van der Waals surface area contributed by atoms with Crippen molar-refractivity contribution in [3.8, 4) is 0 Å². The Bertz CT molecular complexity index is 332. The average Bonchev–Trinajstić information content (AvgIpc) is 2.37. The molecule has 1 amide bonds. The SMILES string of the molecule is C=C(C(=O)OCC)C(C)C1CCN(C(=O)O)CC1. The van der Waals surface area contributed by atoms with Crippen LogP contribution in [0.15, 0.2) is 12.2 Å². The van der Waals surface area contributed by atoms with Crippen LogP contribution in [-0.4, -0.2) is 41.8 Å². The van der Waals surface area contributed by atoms with Crippen LogP contribution in [0.4, 0.5) is 4.79 Å². The molecule has 1 N–H and O–H groups in total. The molecule has 0 radical (unpaired) electrons. The predicted molar refractivity (Wildman–Crippen MR) is 67.3 cm³/mol. The summed E-state index contributed by atoms with van der Waals surface area (Å²) in [5.74, 6) is 0.00293. The van der Waals surface area contributed by atoms with Gasteiger partial charge in [0, 0.05) is 18.7 Å². The number of ether oxygens (including phenoxy) is 1. The predicted octanol–water partition coefficient (Wildman–Crippen LogP) is 2.13. The molecule has 0 aromatic carbocycles. The van der Waals surface area contributed by atoms with Gasteiger partial charge in [-0.05, 0) is 31.6 Å². The number of amides is 1. The van der Waals surface area contributed by atoms with E-state index < -0.39 is 6.09 Å². The Labute approximate surface area is 107 Å². The summed E-state index contributed by atoms with van der Waals surface area (Å²) in [6.07, 6.45) is 0.669. The molecule has 1 aliphatic heterocycles. The standard InChI is InChI=1S/C13H21NO4/c1-4-18-12(15)10(3)9(2)11-5-7-14(8-6-11)13(16)17/h9,11H,3-8H2,1-2H3,(H,16,17). The quantitative estimate of drug-likeness (QED) is 0.617. The second-order valence-electron chi connectivity index (χ2n) is 4.64. The molecule has 5 heteroatoms. The van der Waals surface area contributed by atoms with Gasteiger partial charge in [-0.3, -0.25) is 0 Å². The van der Waals surface area contributed by atoms with Gasteiger partial charge in [0.15, 0.2) is 0 Å². The highest BCUT2D eigenvalue weighted by Gasteiger charge is 2.29. The average molecular weight is 255 g/mol. The zero-order chi connectivity index (χ0) is 13.7. The number of carbonyl (C=O) groups excluding carboxylic acids is 1. The smallest absolute Gasteiger partial charge is 0.407 e. The van der Waals surface area contributed by atoms with Crippen LogP contribution in [-0.2, 0) is 9.53 Å². The van der Waals surface area contributed by atoms with Crippen LogP contribution in [0.3, 0.4) is 0 Å². The van der Waals surface area contributed by atoms with Crippen LogP contribution < -0.4 is 0 Å². The van der Waals surface area contributed by atoms with Crippen LogP contribution in [0.25, 0.3) is 0 Å². The van der Waals surface area contributed by atoms with Crippen LogP contribution in [0, 0.1) is 11.8 Å². The van der Waals surface area contributed by atoms with Crippen molar-refractivity contribution in [2.75, 3.05) is 19.7 Å². The highest BCUT2D eigenvalue weighted by molar-refractivity contribution is 5.88. The van der Waals surface area contributed by atoms with Crippen molar-refractivity contribution >= 4 is 12.1 Å². The molecule has 0 spiro atoms. The van der Waals surface area contributed by atoms with E-state index in [0.717, 1.165) is 12.8 Å². The fourth-order valence-electron chi connectivity index (χ4n) is 2.28. The minimum atomic E-state index is -0.870. The number of hydrogen-bond acceptors (Lipinski definition) is 3. The van der Waals surface area contributed by atoms with E-state index in [4.69, 9.17) is 9.84 Å². The summed E-state index contributed by atoms with van der Waals surface area (Å²) in [5.41, 5.74) is 0.491. The highest BCUT2D eigenvalue weighted by atomic mass is 16.5. The van der Waals surface area contributed by atoms with Gasteiger partial charge < -0.3 is 14.7 Å². The third-order valence-corrected chi connectivity index (χ3v) is 3.60. The Hall–Kier alpha value is -1.52. The maximum atomic E-state index is 11.6. The number of carbonyl (C=O) groups is 2. The van der Waals surface area contributed by atoms with Gasteiger partial charge in [-0.2, -0.15) is 0 Å². The molecule has 1 rings (SSSR count). The fraction of sp³-hybridized carbons (Fsp3) is 0.692. The monoisotopic (exact) mass is 255 g/mol. The number of hydrogen-bond donors (Lipinski definition) is 1. The van der Waals surface area contributed by atoms with Crippen molar-refractivity contribution in [3.05, 3.63) is 12.2 Å². The summed E-state index contributed by atoms with van der Waals surface area (Å²) in [6, 6.07) is 0. The van der Waals surface area contributed by atoms with Gasteiger partial charge in [0.25, 0.3) is 0 Å². The molecular weight excluding hydrogens is 234 g/mol. The van der Waals surface area contributed by atoms with Gasteiger partial charge in [0.1, 0.15) is 0 Å². The van der Waals surface area contributed by atoms with E-state index >= 15 is 0 Å². The number of rotatable bonds is 4. The molecule has 1 saturated heterocycles. The van der Waals surface area contributed by atoms with Crippen LogP contribution in [0.2, 0.25) is 0 Å². The van der Waals surface area contributed by atoms with Crippen molar-refractivity contribution in [1.82, 2.24) is 4.90 Å². The zero-order valence-electron chi connectivity index (χ0n) is 11.0. The van der Waals surface area contributed by atoms with E-state index in [0.29, 0.717) is 31.2 Å². The Morgan fingerprint density at radius 3 is 2.44 bits per heavy atom. The topological polar surface area (TPSA) is 66.8 Å². The second kappa shape index (κ2) is 6.42. The van der Waals surface area contributed by atoms with Gasteiger partial charge in [-0.25, -0.2) is 9.59 Å². The molecule has 0 aliphatic carbocycles. The molecule has 1 aliphatic rings. The minimum absolute atomic E-state index is 0.0417. The number of piperidine rings is 1. The van der Waals surface area contributed by atoms with E-state index in [2.05, 4.69) is 6.58 Å². The van der Waals surface area contributed by atoms with Gasteiger partial charge in [-0.15, -0.1) is 0 Å². The van der Waals surface area contributed by atoms with Gasteiger partial charge in [0.2, 0.25) is 0 Å². The van der Waals surface area contributed by atoms with Crippen LogP contribution in [0.1, 0.15) is 26.7 Å². The number of likely N-dealkylation sites (tertiary alicyclic amines) is 1. The molecule has 1 heterocycles. The Kier molecular flexibility index (Phi) is 5.19. The second-order valence-corrected chi connectivity index (χ2v) is 4.64. The van der Waals surface area contributed by atoms with Crippen LogP contribution in [0.5, 0.6) is 0 Å². The Balaban J connectivity index is 2.49. The molecule has 1 fully saturated rings. The van der Waals surface area contributed by atoms with Crippen molar-refractivity contribution in [3.63, 3.8) is 0 Å². The minimum Gasteiger partial charge on any atom is -0.465 e. The highest BCUT2D eigenvalue weighted by Crippen LogP contribution is 2.29. The first kappa shape index (κ1) is 14.5. The maximum Gasteiger partial charge on any atom is 0.407 e. The first-order valence-electron chi connectivity index (χ1n) is 6.31. The van der Waals surface area contributed by atoms with E-state index in [9.17, 15) is 9.59 Å². The molecule has 0 bridgehead atoms. The molecule has 5 nitrogen and oxygen atoms in total. The van der Waals surface area contributed by atoms with E-state index in [1.807, 2.05) is 6.92 Å². The summed E-state index contributed by atoms with van der Waals surface area (Å²) in [5, 5.41) is 8.86. The van der Waals surface area contributed by atoms with Gasteiger partial charge in [-0.1, -0.05) is 13.5 Å². The van der Waals surface area contributed by atoms with Gasteiger partial charge in [0.05, 0.1) is 6.61 Å². The van der Waals surface area contributed by atoms with Crippen LogP contribution >= 0.6 is 0 Å². The van der Waals surface area contributed by atoms with Crippen molar-refractivity contribution < 1.29 is 19.4 Å². The fourth-order valence-corrected chi connectivity index (χ4v) is 2.28. The molecular formula is C13H21NO4. The summed E-state index contributed by atoms with van der Waals surface area (Å²) in [6.45, 7) is 8.93. The normalized spacial score (nSPS) is 18.2. The zero-order valence-corrected chi connectivity index (χ0v) is 11.0. The van der Waals surface area contributed by atoms with E-state index in [-0.39, 0.29) is 11.9 Å². The molecule has 0 aromatic heterocycles. The largest absolute Gasteiger partial charge is 0.465 e. The molecule has 0 saturated carbocycles. The van der Waals surface area contributed by atoms with Gasteiger partial charge >= 0.3 is 12.1 Å². The van der Waals surface area contributed by atoms with Crippen molar-refractivity contribution in [2.45, 2.75) is 26.7 Å². The lowest BCUT2D eigenvalue weighted by atomic mass is 9.81. The lowest BCUT2D eigenvalue weighted by Gasteiger charge is -2.33. The summed E-state index contributed by atoms with van der Waals surface area (Å²) in [7, 11) is 0. The molecule has 0 aromatic rings. The molecule has 1 atom stereocenters. The summed E-state index contributed by atoms with van der Waals surface area (Å²) < 4.78 is 4.93. The molecule has 18 heavy (non-hydrogen) atoms. The lowest BCUT2D eigenvalue weighted by molar-refractivity contribution is -0.139. The Morgan fingerprint density at radius 1 is 1.44 bits per heavy atom. The summed E-state index contributed by atoms with van der Waals surface area (Å²) >= 11 is 0. The third-order valence-electron chi connectivity index (χ3n) is 3.60. The molecule has 102 valence electrons. The number of esters is 1. The number of nitrogens with zero attached hydrogens (tertiary/aromatic N) is 1. The number of carboxylic acid groups (broad SMARTS) is 1. The Morgan fingerprint density at radius 2 is 2.00 bits per heavy atom. The summed E-state index contributed by atoms with van der Waals surface area (Å²) in [4.78, 5) is 23.8. The molecule has 1 unspecified atom stereocenters. The lowest BCUT2D eigenvalue weighted by Crippen LogP contribution is -2.39. The first-order chi connectivity index (χ1) is 8.47.